The molecule has 0 saturated carbocycles. The largest absolute Gasteiger partial charge is 0.350 e. The molecule has 1 aromatic rings. The Morgan fingerprint density at radius 1 is 1.58 bits per heavy atom. The van der Waals surface area contributed by atoms with Crippen LogP contribution < -0.4 is 4.90 Å². The Morgan fingerprint density at radius 2 is 2.37 bits per heavy atom. The van der Waals surface area contributed by atoms with E-state index in [9.17, 15) is 10.1 Å². The zero-order chi connectivity index (χ0) is 13.8. The van der Waals surface area contributed by atoms with Crippen molar-refractivity contribution in [2.24, 2.45) is 0 Å². The van der Waals surface area contributed by atoms with E-state index in [4.69, 9.17) is 11.6 Å². The topological polar surface area (TPSA) is 59.3 Å². The summed E-state index contributed by atoms with van der Waals surface area (Å²) < 4.78 is 0. The molecular weight excluding hydrogens is 286 g/mol. The first-order valence-corrected chi connectivity index (χ1v) is 7.86. The average molecular weight is 302 g/mol. The van der Waals surface area contributed by atoms with E-state index in [1.165, 1.54) is 12.3 Å². The summed E-state index contributed by atoms with van der Waals surface area (Å²) in [4.78, 5) is 16.9. The number of thioether (sulfide) groups is 1. The van der Waals surface area contributed by atoms with Crippen molar-refractivity contribution in [2.75, 3.05) is 24.2 Å². The molecule has 1 fully saturated rings. The molecule has 0 bridgehead atoms. The van der Waals surface area contributed by atoms with E-state index in [1.807, 2.05) is 16.7 Å². The number of hydrogen-bond acceptors (Lipinski definition) is 5. The van der Waals surface area contributed by atoms with Gasteiger partial charge in [0, 0.05) is 30.6 Å². The molecule has 7 heteroatoms. The quantitative estimate of drug-likeness (QED) is 0.633. The molecule has 0 radical (unpaired) electrons. The lowest BCUT2D eigenvalue weighted by atomic mass is 10.2. The van der Waals surface area contributed by atoms with Gasteiger partial charge in [0.25, 0.3) is 0 Å². The van der Waals surface area contributed by atoms with Crippen molar-refractivity contribution in [3.63, 3.8) is 0 Å². The lowest BCUT2D eigenvalue weighted by Crippen LogP contribution is -2.30. The predicted octanol–water partition coefficient (Wildman–Crippen LogP) is 3.37. The van der Waals surface area contributed by atoms with Crippen LogP contribution >= 0.6 is 23.4 Å². The molecule has 0 aromatic carbocycles. The third kappa shape index (κ3) is 3.51. The molecule has 0 amide bonds. The molecule has 5 nitrogen and oxygen atoms in total. The monoisotopic (exact) mass is 301 g/mol. The van der Waals surface area contributed by atoms with Crippen LogP contribution in [0.1, 0.15) is 19.3 Å². The fourth-order valence-corrected chi connectivity index (χ4v) is 3.17. The number of halogens is 1. The molecule has 2 heterocycles. The summed E-state index contributed by atoms with van der Waals surface area (Å²) in [6.07, 6.45) is 6.90. The van der Waals surface area contributed by atoms with E-state index in [-0.39, 0.29) is 5.69 Å². The van der Waals surface area contributed by atoms with Crippen molar-refractivity contribution in [3.05, 3.63) is 27.4 Å². The molecule has 1 aromatic heterocycles. The van der Waals surface area contributed by atoms with Gasteiger partial charge < -0.3 is 4.90 Å². The number of hydrogen-bond donors (Lipinski definition) is 0. The zero-order valence-corrected chi connectivity index (χ0v) is 12.3. The first-order valence-electron chi connectivity index (χ1n) is 6.19. The molecule has 0 aliphatic carbocycles. The second-order valence-corrected chi connectivity index (χ2v) is 6.13. The van der Waals surface area contributed by atoms with Crippen LogP contribution in [0.4, 0.5) is 11.5 Å². The highest BCUT2D eigenvalue weighted by atomic mass is 35.5. The molecule has 1 atom stereocenters. The van der Waals surface area contributed by atoms with Crippen LogP contribution in [-0.4, -0.2) is 34.5 Å². The van der Waals surface area contributed by atoms with Gasteiger partial charge in [-0.3, -0.25) is 10.1 Å². The van der Waals surface area contributed by atoms with E-state index < -0.39 is 4.92 Å². The van der Waals surface area contributed by atoms with Gasteiger partial charge in [-0.1, -0.05) is 18.0 Å². The summed E-state index contributed by atoms with van der Waals surface area (Å²) in [5.74, 6) is 0.440. The first kappa shape index (κ1) is 14.4. The molecule has 0 spiro atoms. The number of aromatic nitrogens is 1. The van der Waals surface area contributed by atoms with E-state index in [0.29, 0.717) is 16.1 Å². The molecule has 2 rings (SSSR count). The Bertz CT molecular complexity index is 472. The third-order valence-corrected chi connectivity index (χ3v) is 4.53. The number of rotatable bonds is 3. The van der Waals surface area contributed by atoms with E-state index in [0.717, 1.165) is 32.4 Å². The van der Waals surface area contributed by atoms with Crippen LogP contribution in [0.3, 0.4) is 0 Å². The maximum Gasteiger partial charge on any atom is 0.313 e. The van der Waals surface area contributed by atoms with Crippen molar-refractivity contribution < 1.29 is 4.92 Å². The van der Waals surface area contributed by atoms with Gasteiger partial charge in [0.1, 0.15) is 0 Å². The molecule has 1 unspecified atom stereocenters. The summed E-state index contributed by atoms with van der Waals surface area (Å²) in [6.45, 7) is 1.61. The normalized spacial score (nSPS) is 20.1. The van der Waals surface area contributed by atoms with Crippen LogP contribution in [0, 0.1) is 10.1 Å². The standard InChI is InChI=1S/C12H16ClN3O2S/c1-19-10-4-2-3-5-15(8-10)12-11(16(17)18)6-9(13)7-14-12/h6-7,10H,2-5,8H2,1H3. The Hall–Kier alpha value is -1.01. The minimum Gasteiger partial charge on any atom is -0.350 e. The number of pyridine rings is 1. The summed E-state index contributed by atoms with van der Waals surface area (Å²) in [6, 6.07) is 1.38. The van der Waals surface area contributed by atoms with Gasteiger partial charge in [0.2, 0.25) is 5.82 Å². The van der Waals surface area contributed by atoms with E-state index in [1.54, 1.807) is 0 Å². The molecule has 104 valence electrons. The summed E-state index contributed by atoms with van der Waals surface area (Å²) in [5.41, 5.74) is -0.00532. The molecule has 19 heavy (non-hydrogen) atoms. The highest BCUT2D eigenvalue weighted by Crippen LogP contribution is 2.31. The molecule has 0 N–H and O–H groups in total. The van der Waals surface area contributed by atoms with Crippen LogP contribution in [0.2, 0.25) is 5.02 Å². The van der Waals surface area contributed by atoms with Gasteiger partial charge in [-0.25, -0.2) is 4.98 Å². The van der Waals surface area contributed by atoms with Crippen molar-refractivity contribution >= 4 is 34.9 Å². The number of nitro groups is 1. The summed E-state index contributed by atoms with van der Waals surface area (Å²) in [7, 11) is 0. The SMILES string of the molecule is CSC1CCCCN(c2ncc(Cl)cc2[N+](=O)[O-])C1. The average Bonchev–Trinajstić information content (AvgIpc) is 2.63. The Morgan fingerprint density at radius 3 is 3.05 bits per heavy atom. The predicted molar refractivity (Wildman–Crippen MR) is 79.3 cm³/mol. The van der Waals surface area contributed by atoms with Gasteiger partial charge in [-0.15, -0.1) is 0 Å². The van der Waals surface area contributed by atoms with Gasteiger partial charge in [-0.05, 0) is 19.1 Å². The lowest BCUT2D eigenvalue weighted by molar-refractivity contribution is -0.384. The fourth-order valence-electron chi connectivity index (χ4n) is 2.29. The smallest absolute Gasteiger partial charge is 0.313 e. The zero-order valence-electron chi connectivity index (χ0n) is 10.7. The second-order valence-electron chi connectivity index (χ2n) is 4.55. The second kappa shape index (κ2) is 6.43. The van der Waals surface area contributed by atoms with Crippen LogP contribution in [0.15, 0.2) is 12.3 Å². The number of anilines is 1. The van der Waals surface area contributed by atoms with Gasteiger partial charge in [-0.2, -0.15) is 11.8 Å². The number of nitrogens with zero attached hydrogens (tertiary/aromatic N) is 3. The van der Waals surface area contributed by atoms with Crippen molar-refractivity contribution in [1.29, 1.82) is 0 Å². The third-order valence-electron chi connectivity index (χ3n) is 3.27. The summed E-state index contributed by atoms with van der Waals surface area (Å²) in [5, 5.41) is 11.9. The molecular formula is C12H16ClN3O2S. The highest BCUT2D eigenvalue weighted by Gasteiger charge is 2.25. The van der Waals surface area contributed by atoms with E-state index in [2.05, 4.69) is 11.2 Å². The molecule has 1 saturated heterocycles. The minimum absolute atomic E-state index is 0.00532. The first-order chi connectivity index (χ1) is 9.11. The van der Waals surface area contributed by atoms with Gasteiger partial charge in [0.15, 0.2) is 0 Å². The van der Waals surface area contributed by atoms with Crippen molar-refractivity contribution in [3.8, 4) is 0 Å². The summed E-state index contributed by atoms with van der Waals surface area (Å²) >= 11 is 7.61. The van der Waals surface area contributed by atoms with Gasteiger partial charge >= 0.3 is 5.69 Å². The highest BCUT2D eigenvalue weighted by molar-refractivity contribution is 7.99. The lowest BCUT2D eigenvalue weighted by Gasteiger charge is -2.24. The van der Waals surface area contributed by atoms with Crippen molar-refractivity contribution in [2.45, 2.75) is 24.5 Å². The fraction of sp³-hybridized carbons (Fsp3) is 0.583. The Labute approximate surface area is 121 Å². The molecule has 1 aliphatic heterocycles. The van der Waals surface area contributed by atoms with Crippen LogP contribution in [0.25, 0.3) is 0 Å². The van der Waals surface area contributed by atoms with Gasteiger partial charge in [0.05, 0.1) is 9.95 Å². The maximum atomic E-state index is 11.1. The molecule has 1 aliphatic rings. The maximum absolute atomic E-state index is 11.1. The van der Waals surface area contributed by atoms with Crippen LogP contribution in [-0.2, 0) is 0 Å². The minimum atomic E-state index is -0.410. The Balaban J connectivity index is 2.31. The van der Waals surface area contributed by atoms with Crippen molar-refractivity contribution in [1.82, 2.24) is 4.98 Å². The van der Waals surface area contributed by atoms with Crippen LogP contribution in [0.5, 0.6) is 0 Å². The van der Waals surface area contributed by atoms with E-state index >= 15 is 0 Å². The Kier molecular flexibility index (Phi) is 4.87.